The quantitative estimate of drug-likeness (QED) is 0.604. The van der Waals surface area contributed by atoms with E-state index in [9.17, 15) is 18.4 Å². The molecule has 34 heavy (non-hydrogen) atoms. The Kier molecular flexibility index (Phi) is 6.14. The van der Waals surface area contributed by atoms with Gasteiger partial charge in [-0.3, -0.25) is 9.78 Å². The molecule has 2 aliphatic rings. The molecule has 1 aromatic carbocycles. The summed E-state index contributed by atoms with van der Waals surface area (Å²) in [7, 11) is 0. The largest absolute Gasteiger partial charge is 0.354 e. The van der Waals surface area contributed by atoms with Crippen molar-refractivity contribution in [2.45, 2.75) is 63.8 Å². The molecule has 3 aromatic rings. The Morgan fingerprint density at radius 3 is 2.68 bits per heavy atom. The first-order valence-electron chi connectivity index (χ1n) is 12.1. The number of likely N-dealkylation sites (tertiary alicyclic amines) is 1. The Balaban J connectivity index is 1.24. The summed E-state index contributed by atoms with van der Waals surface area (Å²) in [5, 5.41) is 4.77. The van der Waals surface area contributed by atoms with Crippen LogP contribution in [-0.4, -0.2) is 44.7 Å². The topological polar surface area (TPSA) is 84.1 Å². The lowest BCUT2D eigenvalue weighted by atomic mass is 9.83. The lowest BCUT2D eigenvalue weighted by Gasteiger charge is -2.41. The molecule has 3 heterocycles. The van der Waals surface area contributed by atoms with Crippen LogP contribution in [0.3, 0.4) is 0 Å². The molecule has 1 N–H and O–H groups in total. The van der Waals surface area contributed by atoms with Crippen LogP contribution in [-0.2, 0) is 6.42 Å². The van der Waals surface area contributed by atoms with Gasteiger partial charge in [0.05, 0.1) is 5.39 Å². The van der Waals surface area contributed by atoms with Crippen LogP contribution in [0.4, 0.5) is 8.78 Å². The van der Waals surface area contributed by atoms with Crippen LogP contribution in [0.2, 0.25) is 0 Å². The van der Waals surface area contributed by atoms with Crippen molar-refractivity contribution in [3.63, 3.8) is 0 Å². The highest BCUT2D eigenvalue weighted by molar-refractivity contribution is 5.84. The van der Waals surface area contributed by atoms with Crippen LogP contribution in [0.25, 0.3) is 16.8 Å². The Hall–Kier alpha value is -2.81. The molecule has 0 spiro atoms. The zero-order chi connectivity index (χ0) is 23.9. The molecule has 182 valence electrons. The van der Waals surface area contributed by atoms with E-state index in [4.69, 9.17) is 4.52 Å². The van der Waals surface area contributed by atoms with Gasteiger partial charge in [0.25, 0.3) is 5.56 Å². The number of benzene rings is 1. The second-order valence-electron chi connectivity index (χ2n) is 10.1. The third-order valence-corrected chi connectivity index (χ3v) is 7.54. The first-order chi connectivity index (χ1) is 16.3. The molecular formula is C25H30F2N4O3. The van der Waals surface area contributed by atoms with Gasteiger partial charge in [0.1, 0.15) is 0 Å². The molecule has 0 amide bonds. The minimum atomic E-state index is -2.47. The van der Waals surface area contributed by atoms with E-state index in [1.165, 1.54) is 16.8 Å². The van der Waals surface area contributed by atoms with Gasteiger partial charge in [-0.05, 0) is 75.1 Å². The van der Waals surface area contributed by atoms with Gasteiger partial charge in [-0.25, -0.2) is 18.1 Å². The minimum Gasteiger partial charge on any atom is -0.354 e. The van der Waals surface area contributed by atoms with Crippen LogP contribution >= 0.6 is 0 Å². The lowest BCUT2D eigenvalue weighted by Crippen LogP contribution is -2.44. The van der Waals surface area contributed by atoms with E-state index in [-0.39, 0.29) is 12.8 Å². The summed E-state index contributed by atoms with van der Waals surface area (Å²) >= 11 is 0. The smallest absolute Gasteiger partial charge is 0.334 e. The summed E-state index contributed by atoms with van der Waals surface area (Å²) in [6, 6.07) is 7.62. The normalized spacial score (nSPS) is 24.0. The molecule has 7 nitrogen and oxygen atoms in total. The maximum Gasteiger partial charge on any atom is 0.334 e. The number of piperidine rings is 1. The van der Waals surface area contributed by atoms with E-state index in [1.54, 1.807) is 0 Å². The zero-order valence-corrected chi connectivity index (χ0v) is 19.3. The fourth-order valence-corrected chi connectivity index (χ4v) is 5.58. The van der Waals surface area contributed by atoms with E-state index in [2.05, 4.69) is 22.0 Å². The maximum absolute atomic E-state index is 13.5. The predicted molar refractivity (Wildman–Crippen MR) is 125 cm³/mol. The highest BCUT2D eigenvalue weighted by Crippen LogP contribution is 2.37. The lowest BCUT2D eigenvalue weighted by molar-refractivity contribution is -0.0512. The number of nitrogens with zero attached hydrogens (tertiary/aromatic N) is 3. The second kappa shape index (κ2) is 9.09. The van der Waals surface area contributed by atoms with Crippen LogP contribution in [0.1, 0.15) is 51.0 Å². The third-order valence-electron chi connectivity index (χ3n) is 7.54. The summed E-state index contributed by atoms with van der Waals surface area (Å²) < 4.78 is 33.6. The number of alkyl halides is 2. The number of aromatic nitrogens is 3. The number of aromatic amines is 1. The number of hydrogen-bond acceptors (Lipinski definition) is 5. The van der Waals surface area contributed by atoms with Crippen molar-refractivity contribution in [2.75, 3.05) is 13.1 Å². The fraction of sp³-hybridized carbons (Fsp3) is 0.560. The van der Waals surface area contributed by atoms with Crippen molar-refractivity contribution >= 4 is 11.0 Å². The summed E-state index contributed by atoms with van der Waals surface area (Å²) in [6.45, 7) is 4.16. The number of nitrogens with one attached hydrogen (secondary N) is 1. The number of H-pyrrole nitrogens is 1. The van der Waals surface area contributed by atoms with Crippen LogP contribution in [0.15, 0.2) is 44.6 Å². The molecule has 2 aromatic heterocycles. The van der Waals surface area contributed by atoms with Gasteiger partial charge in [-0.15, -0.1) is 0 Å². The Morgan fingerprint density at radius 1 is 1.15 bits per heavy atom. The highest BCUT2D eigenvalue weighted by atomic mass is 19.3. The van der Waals surface area contributed by atoms with Crippen molar-refractivity contribution in [1.29, 1.82) is 0 Å². The molecule has 2 fully saturated rings. The van der Waals surface area contributed by atoms with Gasteiger partial charge >= 0.3 is 5.69 Å². The van der Waals surface area contributed by atoms with Crippen molar-refractivity contribution in [3.05, 3.63) is 56.9 Å². The van der Waals surface area contributed by atoms with Crippen LogP contribution in [0, 0.1) is 11.8 Å². The molecule has 0 bridgehead atoms. The molecule has 2 atom stereocenters. The standard InChI is InChI=1S/C25H30F2N4O3/c1-16-12-19(6-10-30(16)15-17-4-8-25(26,27)9-5-17)13-18-2-3-21-20(14-18)23(29-34-21)31-11-7-22(32)28-24(31)33/h2-3,7,11,14,16-17,19H,4-6,8-10,12-13,15H2,1H3,(H,28,32,33)/t16-,19-/m0/s1. The van der Waals surface area contributed by atoms with E-state index in [1.807, 2.05) is 18.2 Å². The van der Waals surface area contributed by atoms with Gasteiger partial charge in [0.15, 0.2) is 11.4 Å². The van der Waals surface area contributed by atoms with Gasteiger partial charge in [-0.2, -0.15) is 0 Å². The molecule has 1 aliphatic heterocycles. The number of fused-ring (bicyclic) bond motifs is 1. The molecule has 1 saturated heterocycles. The molecule has 0 unspecified atom stereocenters. The number of hydrogen-bond donors (Lipinski definition) is 1. The van der Waals surface area contributed by atoms with E-state index in [0.717, 1.165) is 43.3 Å². The molecule has 0 radical (unpaired) electrons. The molecular weight excluding hydrogens is 442 g/mol. The van der Waals surface area contributed by atoms with Crippen molar-refractivity contribution in [3.8, 4) is 5.82 Å². The summed E-state index contributed by atoms with van der Waals surface area (Å²) in [4.78, 5) is 28.3. The average Bonchev–Trinajstić information content (AvgIpc) is 3.20. The van der Waals surface area contributed by atoms with Gasteiger partial charge in [0.2, 0.25) is 5.92 Å². The van der Waals surface area contributed by atoms with Gasteiger partial charge in [0, 0.05) is 37.7 Å². The van der Waals surface area contributed by atoms with Gasteiger partial charge in [-0.1, -0.05) is 11.2 Å². The van der Waals surface area contributed by atoms with Gasteiger partial charge < -0.3 is 9.42 Å². The number of halogens is 2. The minimum absolute atomic E-state index is 0.0288. The average molecular weight is 473 g/mol. The third kappa shape index (κ3) is 4.85. The summed E-state index contributed by atoms with van der Waals surface area (Å²) in [5.74, 6) is -1.20. The first kappa shape index (κ1) is 23.0. The zero-order valence-electron chi connectivity index (χ0n) is 19.3. The fourth-order valence-electron chi connectivity index (χ4n) is 5.58. The monoisotopic (exact) mass is 472 g/mol. The maximum atomic E-state index is 13.5. The molecule has 1 aliphatic carbocycles. The van der Waals surface area contributed by atoms with Crippen LogP contribution in [0.5, 0.6) is 0 Å². The second-order valence-corrected chi connectivity index (χ2v) is 10.1. The molecule has 1 saturated carbocycles. The van der Waals surface area contributed by atoms with E-state index in [0.29, 0.717) is 42.1 Å². The van der Waals surface area contributed by atoms with Crippen molar-refractivity contribution in [1.82, 2.24) is 19.6 Å². The van der Waals surface area contributed by atoms with E-state index >= 15 is 0 Å². The van der Waals surface area contributed by atoms with Crippen molar-refractivity contribution < 1.29 is 13.3 Å². The highest BCUT2D eigenvalue weighted by Gasteiger charge is 2.36. The molecule has 5 rings (SSSR count). The summed E-state index contributed by atoms with van der Waals surface area (Å²) in [5.41, 5.74) is 0.709. The Bertz CT molecular complexity index is 1270. The predicted octanol–water partition coefficient (Wildman–Crippen LogP) is 4.14. The molecule has 9 heteroatoms. The SMILES string of the molecule is C[C@H]1C[C@@H](Cc2ccc3onc(-n4ccc(=O)[nH]c4=O)c3c2)CCN1CC1CCC(F)(F)CC1. The van der Waals surface area contributed by atoms with Crippen molar-refractivity contribution in [2.24, 2.45) is 11.8 Å². The Morgan fingerprint density at radius 2 is 1.94 bits per heavy atom. The van der Waals surface area contributed by atoms with E-state index < -0.39 is 17.2 Å². The van der Waals surface area contributed by atoms with Crippen LogP contribution < -0.4 is 11.2 Å². The first-order valence-corrected chi connectivity index (χ1v) is 12.1. The Labute approximate surface area is 195 Å². The summed E-state index contributed by atoms with van der Waals surface area (Å²) in [6.07, 6.45) is 5.75. The number of rotatable bonds is 5.